The van der Waals surface area contributed by atoms with Crippen LogP contribution in [0.15, 0.2) is 88.9 Å². The zero-order valence-electron chi connectivity index (χ0n) is 21.6. The summed E-state index contributed by atoms with van der Waals surface area (Å²) in [7, 11) is 0. The first-order chi connectivity index (χ1) is 17.8. The van der Waals surface area contributed by atoms with Crippen LogP contribution in [0, 0.1) is 5.41 Å². The number of allylic oxidation sites excluding steroid dienone is 5. The summed E-state index contributed by atoms with van der Waals surface area (Å²) in [5, 5.41) is 26.5. The molecule has 0 spiro atoms. The summed E-state index contributed by atoms with van der Waals surface area (Å²) in [6, 6.07) is -0.677. The molecule has 38 heavy (non-hydrogen) atoms. The van der Waals surface area contributed by atoms with Gasteiger partial charge < -0.3 is 26.5 Å². The van der Waals surface area contributed by atoms with E-state index in [2.05, 4.69) is 34.1 Å². The average molecular weight is 546 g/mol. The Hall–Kier alpha value is -3.96. The van der Waals surface area contributed by atoms with Gasteiger partial charge in [-0.1, -0.05) is 30.8 Å². The van der Waals surface area contributed by atoms with Gasteiger partial charge in [-0.05, 0) is 45.4 Å². The molecule has 1 aliphatic carbocycles. The van der Waals surface area contributed by atoms with Crippen molar-refractivity contribution < 1.29 is 19.1 Å². The molecule has 0 aromatic heterocycles. The summed E-state index contributed by atoms with van der Waals surface area (Å²) >= 11 is 5.43. The van der Waals surface area contributed by atoms with Crippen LogP contribution in [0.2, 0.25) is 0 Å². The van der Waals surface area contributed by atoms with E-state index in [1.807, 2.05) is 0 Å². The molecule has 3 amide bonds. The van der Waals surface area contributed by atoms with Crippen molar-refractivity contribution >= 4 is 35.2 Å². The van der Waals surface area contributed by atoms with Gasteiger partial charge in [0.2, 0.25) is 5.96 Å². The van der Waals surface area contributed by atoms with E-state index in [4.69, 9.17) is 17.0 Å². The number of amides is 3. The molecule has 0 bridgehead atoms. The Morgan fingerprint density at radius 1 is 1.34 bits per heavy atom. The van der Waals surface area contributed by atoms with Gasteiger partial charge in [-0.25, -0.2) is 9.18 Å². The van der Waals surface area contributed by atoms with Crippen molar-refractivity contribution in [2.24, 2.45) is 4.99 Å². The maximum absolute atomic E-state index is 13.4. The molecule has 0 aromatic carbocycles. The molecular formula is C26H33ClFN7O3. The summed E-state index contributed by atoms with van der Waals surface area (Å²) in [4.78, 5) is 32.0. The van der Waals surface area contributed by atoms with E-state index < -0.39 is 17.5 Å². The molecule has 0 saturated heterocycles. The monoisotopic (exact) mass is 545 g/mol. The lowest BCUT2D eigenvalue weighted by atomic mass is 10.0. The summed E-state index contributed by atoms with van der Waals surface area (Å²) in [5.74, 6) is -0.519. The molecule has 0 aromatic rings. The summed E-state index contributed by atoms with van der Waals surface area (Å²) in [6.07, 6.45) is 9.44. The average Bonchev–Trinajstić information content (AvgIpc) is 2.82. The second-order valence-corrected chi connectivity index (χ2v) is 9.34. The van der Waals surface area contributed by atoms with Crippen molar-refractivity contribution in [2.75, 3.05) is 19.6 Å². The maximum Gasteiger partial charge on any atom is 0.352 e. The Bertz CT molecular complexity index is 1170. The minimum Gasteiger partial charge on any atom is -0.389 e. The maximum atomic E-state index is 13.4. The van der Waals surface area contributed by atoms with Crippen molar-refractivity contribution in [3.8, 4) is 0 Å². The first kappa shape index (κ1) is 30.3. The SMILES string of the molecule is C=C(CN1C(=C)N(CC/C=C(\C)F)C(NC2=C/C(=C/NCC(C)(C)O)C(=N)C=C2)=NC1=O)C(=O)N/C=C/Cl. The van der Waals surface area contributed by atoms with Gasteiger partial charge in [0, 0.05) is 47.9 Å². The van der Waals surface area contributed by atoms with Gasteiger partial charge in [-0.2, -0.15) is 4.99 Å². The Morgan fingerprint density at radius 2 is 2.05 bits per heavy atom. The molecule has 0 radical (unpaired) electrons. The van der Waals surface area contributed by atoms with E-state index in [9.17, 15) is 19.1 Å². The fourth-order valence-corrected chi connectivity index (χ4v) is 3.31. The highest BCUT2D eigenvalue weighted by atomic mass is 35.5. The Labute approximate surface area is 226 Å². The van der Waals surface area contributed by atoms with E-state index in [0.29, 0.717) is 11.3 Å². The van der Waals surface area contributed by atoms with Gasteiger partial charge in [-0.3, -0.25) is 14.6 Å². The quantitative estimate of drug-likeness (QED) is 0.252. The van der Waals surface area contributed by atoms with E-state index in [1.165, 1.54) is 24.1 Å². The smallest absolute Gasteiger partial charge is 0.352 e. The first-order valence-corrected chi connectivity index (χ1v) is 12.1. The molecule has 2 rings (SSSR count). The van der Waals surface area contributed by atoms with E-state index in [-0.39, 0.29) is 54.9 Å². The summed E-state index contributed by atoms with van der Waals surface area (Å²) in [6.45, 7) is 12.7. The van der Waals surface area contributed by atoms with Crippen molar-refractivity contribution in [2.45, 2.75) is 32.8 Å². The lowest BCUT2D eigenvalue weighted by Gasteiger charge is -2.37. The molecule has 0 unspecified atom stereocenters. The van der Waals surface area contributed by atoms with Crippen molar-refractivity contribution in [1.29, 1.82) is 5.41 Å². The molecule has 12 heteroatoms. The minimum absolute atomic E-state index is 0.0742. The first-order valence-electron chi connectivity index (χ1n) is 11.7. The van der Waals surface area contributed by atoms with E-state index in [1.54, 1.807) is 43.2 Å². The van der Waals surface area contributed by atoms with Gasteiger partial charge in [-0.15, -0.1) is 0 Å². The van der Waals surface area contributed by atoms with Crippen LogP contribution in [0.4, 0.5) is 9.18 Å². The van der Waals surface area contributed by atoms with Crippen LogP contribution in [0.3, 0.4) is 0 Å². The molecule has 5 N–H and O–H groups in total. The van der Waals surface area contributed by atoms with Gasteiger partial charge in [0.1, 0.15) is 5.82 Å². The molecular weight excluding hydrogens is 513 g/mol. The number of nitrogens with zero attached hydrogens (tertiary/aromatic N) is 3. The number of carbonyl (C=O) groups is 2. The van der Waals surface area contributed by atoms with Crippen LogP contribution in [-0.2, 0) is 4.79 Å². The third-order valence-electron chi connectivity index (χ3n) is 5.14. The van der Waals surface area contributed by atoms with E-state index >= 15 is 0 Å². The largest absolute Gasteiger partial charge is 0.389 e. The zero-order valence-corrected chi connectivity index (χ0v) is 22.4. The number of urea groups is 1. The highest BCUT2D eigenvalue weighted by Gasteiger charge is 2.31. The Kier molecular flexibility index (Phi) is 10.8. The third kappa shape index (κ3) is 9.16. The summed E-state index contributed by atoms with van der Waals surface area (Å²) in [5.41, 5.74) is 1.59. The van der Waals surface area contributed by atoms with E-state index in [0.717, 1.165) is 5.54 Å². The number of rotatable bonds is 11. The second kappa shape index (κ2) is 13.5. The minimum atomic E-state index is -0.933. The van der Waals surface area contributed by atoms with Crippen LogP contribution in [0.5, 0.6) is 0 Å². The molecule has 204 valence electrons. The predicted molar refractivity (Wildman–Crippen MR) is 148 cm³/mol. The van der Waals surface area contributed by atoms with Crippen LogP contribution < -0.4 is 16.0 Å². The van der Waals surface area contributed by atoms with Crippen molar-refractivity contribution in [3.05, 3.63) is 83.9 Å². The number of nitrogens with one attached hydrogen (secondary N) is 4. The standard InChI is InChI=1S/C26H33ClFN7O3/c1-17(23(36)31-11-10-27)15-35-19(3)34(12-6-7-18(2)28)24(33-25(35)37)32-21-8-9-22(29)20(13-21)14-30-16-26(4,5)38/h7-11,13-14,29-30,38H,1,3,6,12,15-16H2,2,4-5H3,(H,31,36)(H,32,33,37)/b11-10+,18-7+,20-14-,29-22?. The lowest BCUT2D eigenvalue weighted by Crippen LogP contribution is -2.51. The zero-order chi connectivity index (χ0) is 28.5. The van der Waals surface area contributed by atoms with Crippen LogP contribution in [-0.4, -0.2) is 63.8 Å². The normalized spacial score (nSPS) is 17.7. The fraction of sp³-hybridized carbons (Fsp3) is 0.308. The number of aliphatic hydroxyl groups is 1. The number of carbonyl (C=O) groups excluding carboxylic acids is 2. The highest BCUT2D eigenvalue weighted by molar-refractivity contribution is 6.25. The number of halogens is 2. The number of aliphatic imine (C=N–C) groups is 1. The van der Waals surface area contributed by atoms with Crippen LogP contribution in [0.25, 0.3) is 0 Å². The summed E-state index contributed by atoms with van der Waals surface area (Å²) < 4.78 is 13.4. The van der Waals surface area contributed by atoms with Gasteiger partial charge >= 0.3 is 6.03 Å². The molecule has 0 saturated carbocycles. The van der Waals surface area contributed by atoms with Crippen LogP contribution in [0.1, 0.15) is 27.2 Å². The Balaban J connectivity index is 2.30. The molecule has 2 aliphatic rings. The second-order valence-electron chi connectivity index (χ2n) is 9.09. The molecule has 10 nitrogen and oxygen atoms in total. The third-order valence-corrected chi connectivity index (χ3v) is 5.26. The number of hydrogen-bond acceptors (Lipinski definition) is 7. The van der Waals surface area contributed by atoms with Gasteiger partial charge in [0.25, 0.3) is 5.91 Å². The number of hydrogen-bond donors (Lipinski definition) is 5. The Morgan fingerprint density at radius 3 is 2.68 bits per heavy atom. The van der Waals surface area contributed by atoms with Crippen molar-refractivity contribution in [1.82, 2.24) is 25.8 Å². The number of guanidine groups is 1. The highest BCUT2D eigenvalue weighted by Crippen LogP contribution is 2.21. The van der Waals surface area contributed by atoms with Gasteiger partial charge in [0.15, 0.2) is 0 Å². The van der Waals surface area contributed by atoms with Gasteiger partial charge in [0.05, 0.1) is 23.7 Å². The molecule has 0 fully saturated rings. The molecule has 0 atom stereocenters. The topological polar surface area (TPSA) is 133 Å². The molecule has 1 heterocycles. The van der Waals surface area contributed by atoms with Crippen LogP contribution >= 0.6 is 11.6 Å². The molecule has 1 aliphatic heterocycles. The lowest BCUT2D eigenvalue weighted by molar-refractivity contribution is -0.116. The fourth-order valence-electron chi connectivity index (χ4n) is 3.24. The van der Waals surface area contributed by atoms with Crippen molar-refractivity contribution in [3.63, 3.8) is 0 Å². The predicted octanol–water partition coefficient (Wildman–Crippen LogP) is 3.50.